The molecule has 204 valence electrons. The standard InChI is InChI=1S/C42H36/c1-25-26(2)40-24-23-39(25)35-15-7-31(8-16-35)33-11-19-37(20-12-33)41-27(3)29(5)42(30(6)28(41)4)38-21-13-34(14-22-38)32-9-17-36(40)18-10-32/h7-24H,1-6H3. The lowest BCUT2D eigenvalue weighted by atomic mass is 9.83. The average Bonchev–Trinajstić information content (AvgIpc) is 3.02. The van der Waals surface area contributed by atoms with Crippen LogP contribution >= 0.6 is 0 Å². The molecule has 6 aromatic carbocycles. The van der Waals surface area contributed by atoms with Gasteiger partial charge in [0.25, 0.3) is 0 Å². The minimum absolute atomic E-state index is 1.24. The van der Waals surface area contributed by atoms with Crippen molar-refractivity contribution in [2.45, 2.75) is 41.5 Å². The Morgan fingerprint density at radius 1 is 0.214 bits per heavy atom. The smallest absolute Gasteiger partial charge is 0.0120 e. The second kappa shape index (κ2) is 10.00. The third kappa shape index (κ3) is 4.13. The van der Waals surface area contributed by atoms with Gasteiger partial charge in [-0.05, 0) is 142 Å². The normalized spacial score (nSPS) is 11.6. The first kappa shape index (κ1) is 26.2. The molecule has 16 aliphatic rings. The molecule has 0 spiro atoms. The molecule has 0 saturated carbocycles. The van der Waals surface area contributed by atoms with Crippen molar-refractivity contribution in [2.24, 2.45) is 0 Å². The van der Waals surface area contributed by atoms with Crippen molar-refractivity contribution < 1.29 is 0 Å². The monoisotopic (exact) mass is 540 g/mol. The van der Waals surface area contributed by atoms with Gasteiger partial charge in [-0.25, -0.2) is 0 Å². The van der Waals surface area contributed by atoms with Crippen molar-refractivity contribution in [3.05, 3.63) is 143 Å². The van der Waals surface area contributed by atoms with E-state index < -0.39 is 0 Å². The van der Waals surface area contributed by atoms with Gasteiger partial charge >= 0.3 is 0 Å². The Morgan fingerprint density at radius 3 is 0.690 bits per heavy atom. The fourth-order valence-corrected chi connectivity index (χ4v) is 6.97. The lowest BCUT2D eigenvalue weighted by Gasteiger charge is -2.22. The van der Waals surface area contributed by atoms with E-state index in [1.54, 1.807) is 0 Å². The zero-order chi connectivity index (χ0) is 29.1. The van der Waals surface area contributed by atoms with Gasteiger partial charge in [-0.2, -0.15) is 0 Å². The Labute approximate surface area is 250 Å². The van der Waals surface area contributed by atoms with Crippen LogP contribution in [0.25, 0.3) is 66.8 Å². The molecule has 0 heterocycles. The van der Waals surface area contributed by atoms with Crippen molar-refractivity contribution >= 4 is 0 Å². The fraction of sp³-hybridized carbons (Fsp3) is 0.143. The van der Waals surface area contributed by atoms with Gasteiger partial charge in [-0.15, -0.1) is 0 Å². The molecule has 0 fully saturated rings. The van der Waals surface area contributed by atoms with Gasteiger partial charge in [-0.1, -0.05) is 109 Å². The van der Waals surface area contributed by atoms with Crippen LogP contribution in [0, 0.1) is 41.5 Å². The van der Waals surface area contributed by atoms with Crippen molar-refractivity contribution in [2.75, 3.05) is 0 Å². The van der Waals surface area contributed by atoms with E-state index in [0.717, 1.165) is 0 Å². The zero-order valence-corrected chi connectivity index (χ0v) is 25.4. The topological polar surface area (TPSA) is 0 Å². The second-order valence-electron chi connectivity index (χ2n) is 12.0. The molecule has 12 bridgehead atoms. The van der Waals surface area contributed by atoms with E-state index in [0.29, 0.717) is 0 Å². The van der Waals surface area contributed by atoms with E-state index in [-0.39, 0.29) is 0 Å². The lowest BCUT2D eigenvalue weighted by molar-refractivity contribution is 1.25. The second-order valence-corrected chi connectivity index (χ2v) is 12.0. The van der Waals surface area contributed by atoms with E-state index in [1.165, 1.54) is 100 Å². The quantitative estimate of drug-likeness (QED) is 0.179. The van der Waals surface area contributed by atoms with Crippen molar-refractivity contribution in [3.8, 4) is 66.8 Å². The number of benzene rings is 6. The summed E-state index contributed by atoms with van der Waals surface area (Å²) in [5.41, 5.74) is 23.4. The minimum Gasteiger partial charge on any atom is -0.0538 e. The summed E-state index contributed by atoms with van der Waals surface area (Å²) in [6, 6.07) is 40.9. The van der Waals surface area contributed by atoms with Gasteiger partial charge < -0.3 is 0 Å². The fourth-order valence-electron chi connectivity index (χ4n) is 6.97. The van der Waals surface area contributed by atoms with Crippen LogP contribution in [0.4, 0.5) is 0 Å². The predicted molar refractivity (Wildman–Crippen MR) is 181 cm³/mol. The molecule has 6 aromatic rings. The van der Waals surface area contributed by atoms with E-state index >= 15 is 0 Å². The summed E-state index contributed by atoms with van der Waals surface area (Å²) >= 11 is 0. The molecule has 0 aliphatic heterocycles. The summed E-state index contributed by atoms with van der Waals surface area (Å²) in [5, 5.41) is 0. The van der Waals surface area contributed by atoms with Crippen LogP contribution in [0.3, 0.4) is 0 Å². The van der Waals surface area contributed by atoms with E-state index in [2.05, 4.69) is 151 Å². The zero-order valence-electron chi connectivity index (χ0n) is 25.4. The van der Waals surface area contributed by atoms with Crippen molar-refractivity contribution in [3.63, 3.8) is 0 Å². The average molecular weight is 541 g/mol. The molecule has 0 atom stereocenters. The van der Waals surface area contributed by atoms with E-state index in [1.807, 2.05) is 0 Å². The van der Waals surface area contributed by atoms with Crippen LogP contribution in [-0.4, -0.2) is 0 Å². The SMILES string of the molecule is Cc1c2ccc(c1C)-c1ccc(cc1)-c1ccc(cc1)-c1c(C)c(C)c(c(C)c1C)-c1ccc(cc1)-c1ccc-2cc1. The Kier molecular flexibility index (Phi) is 6.24. The Hall–Kier alpha value is -4.68. The molecule has 0 N–H and O–H groups in total. The first-order valence-electron chi connectivity index (χ1n) is 14.9. The summed E-state index contributed by atoms with van der Waals surface area (Å²) in [5.74, 6) is 0. The number of hydrogen-bond acceptors (Lipinski definition) is 0. The van der Waals surface area contributed by atoms with Gasteiger partial charge in [0, 0.05) is 0 Å². The van der Waals surface area contributed by atoms with Crippen LogP contribution in [0.2, 0.25) is 0 Å². The third-order valence-corrected chi connectivity index (χ3v) is 9.82. The van der Waals surface area contributed by atoms with Crippen LogP contribution < -0.4 is 0 Å². The lowest BCUT2D eigenvalue weighted by Crippen LogP contribution is -2.00. The van der Waals surface area contributed by atoms with Gasteiger partial charge in [0.15, 0.2) is 0 Å². The molecule has 22 rings (SSSR count). The molecule has 0 heteroatoms. The van der Waals surface area contributed by atoms with E-state index in [4.69, 9.17) is 0 Å². The first-order valence-corrected chi connectivity index (χ1v) is 14.9. The van der Waals surface area contributed by atoms with E-state index in [9.17, 15) is 0 Å². The largest absolute Gasteiger partial charge is 0.0538 e. The molecular formula is C42H36. The van der Waals surface area contributed by atoms with Crippen molar-refractivity contribution in [1.82, 2.24) is 0 Å². The Morgan fingerprint density at radius 2 is 0.429 bits per heavy atom. The summed E-state index contributed by atoms with van der Waals surface area (Å²) in [4.78, 5) is 0. The highest BCUT2D eigenvalue weighted by Crippen LogP contribution is 2.41. The molecule has 0 saturated heterocycles. The van der Waals surface area contributed by atoms with Gasteiger partial charge in [0.1, 0.15) is 0 Å². The van der Waals surface area contributed by atoms with Gasteiger partial charge in [-0.3, -0.25) is 0 Å². The Balaban J connectivity index is 1.45. The van der Waals surface area contributed by atoms with Gasteiger partial charge in [0.2, 0.25) is 0 Å². The first-order chi connectivity index (χ1) is 20.3. The highest BCUT2D eigenvalue weighted by molar-refractivity contribution is 5.85. The predicted octanol–water partition coefficient (Wildman–Crippen LogP) is 11.9. The maximum atomic E-state index is 2.29. The highest BCUT2D eigenvalue weighted by atomic mass is 14.2. The molecule has 0 nitrogen and oxygen atoms in total. The number of hydrogen-bond donors (Lipinski definition) is 0. The summed E-state index contributed by atoms with van der Waals surface area (Å²) in [6.45, 7) is 13.6. The summed E-state index contributed by atoms with van der Waals surface area (Å²) in [7, 11) is 0. The molecule has 0 aromatic heterocycles. The maximum absolute atomic E-state index is 2.29. The maximum Gasteiger partial charge on any atom is -0.0120 e. The third-order valence-electron chi connectivity index (χ3n) is 9.82. The molecule has 42 heavy (non-hydrogen) atoms. The molecule has 0 amide bonds. The molecule has 16 aliphatic carbocycles. The molecule has 0 radical (unpaired) electrons. The highest BCUT2D eigenvalue weighted by Gasteiger charge is 2.18. The van der Waals surface area contributed by atoms with Crippen LogP contribution in [0.5, 0.6) is 0 Å². The molecule has 0 unspecified atom stereocenters. The van der Waals surface area contributed by atoms with Crippen LogP contribution in [0.15, 0.2) is 109 Å². The van der Waals surface area contributed by atoms with Crippen molar-refractivity contribution in [1.29, 1.82) is 0 Å². The van der Waals surface area contributed by atoms with Crippen LogP contribution in [-0.2, 0) is 0 Å². The van der Waals surface area contributed by atoms with Crippen LogP contribution in [0.1, 0.15) is 33.4 Å². The summed E-state index contributed by atoms with van der Waals surface area (Å²) < 4.78 is 0. The van der Waals surface area contributed by atoms with Gasteiger partial charge in [0.05, 0.1) is 0 Å². The Bertz CT molecular complexity index is 1790. The number of rotatable bonds is 0. The minimum atomic E-state index is 1.24. The molecular weight excluding hydrogens is 504 g/mol. The summed E-state index contributed by atoms with van der Waals surface area (Å²) in [6.07, 6.45) is 0.